The zero-order chi connectivity index (χ0) is 20.1. The minimum absolute atomic E-state index is 0.0200. The molecule has 0 saturated carbocycles. The zero-order valence-electron chi connectivity index (χ0n) is 16.1. The number of carbonyl (C=O) groups is 2. The molecular formula is C22H22N4O2. The van der Waals surface area contributed by atoms with E-state index in [2.05, 4.69) is 21.4 Å². The van der Waals surface area contributed by atoms with Gasteiger partial charge >= 0.3 is 0 Å². The van der Waals surface area contributed by atoms with Gasteiger partial charge in [-0.3, -0.25) is 9.59 Å². The van der Waals surface area contributed by atoms with Crippen molar-refractivity contribution in [2.24, 2.45) is 0 Å². The van der Waals surface area contributed by atoms with Crippen LogP contribution in [-0.4, -0.2) is 28.2 Å². The van der Waals surface area contributed by atoms with Crippen molar-refractivity contribution in [1.29, 1.82) is 0 Å². The Morgan fingerprint density at radius 1 is 1.04 bits per heavy atom. The lowest BCUT2D eigenvalue weighted by Crippen LogP contribution is -2.19. The molecule has 6 nitrogen and oxygen atoms in total. The molecule has 0 atom stereocenters. The van der Waals surface area contributed by atoms with Gasteiger partial charge < -0.3 is 10.2 Å². The van der Waals surface area contributed by atoms with Gasteiger partial charge in [-0.2, -0.15) is 0 Å². The summed E-state index contributed by atoms with van der Waals surface area (Å²) in [5.41, 5.74) is 3.60. The molecule has 28 heavy (non-hydrogen) atoms. The quantitative estimate of drug-likeness (QED) is 0.647. The molecule has 1 heterocycles. The van der Waals surface area contributed by atoms with Crippen LogP contribution in [0.4, 0.5) is 17.2 Å². The number of hydrogen-bond donors (Lipinski definition) is 1. The van der Waals surface area contributed by atoms with Crippen LogP contribution in [0.2, 0.25) is 0 Å². The van der Waals surface area contributed by atoms with Gasteiger partial charge in [0, 0.05) is 23.5 Å². The number of anilines is 3. The van der Waals surface area contributed by atoms with Crippen LogP contribution < -0.4 is 10.2 Å². The Kier molecular flexibility index (Phi) is 5.79. The molecule has 0 spiro atoms. The smallest absolute Gasteiger partial charge is 0.275 e. The minimum Gasteiger partial charge on any atom is -0.325 e. The topological polar surface area (TPSA) is 75.2 Å². The van der Waals surface area contributed by atoms with Crippen LogP contribution in [0.3, 0.4) is 0 Å². The Balaban J connectivity index is 1.74. The second kappa shape index (κ2) is 8.43. The molecule has 3 rings (SSSR count). The number of nitrogens with zero attached hydrogens (tertiary/aromatic N) is 3. The molecule has 0 aliphatic carbocycles. The summed E-state index contributed by atoms with van der Waals surface area (Å²) >= 11 is 0. The maximum atomic E-state index is 12.4. The SMILES string of the molecule is CCN(c1cccc(C)c1)c1cnc(C(=O)Nc2ccc(C(C)=O)cc2)cn1. The first kappa shape index (κ1) is 19.2. The van der Waals surface area contributed by atoms with Gasteiger partial charge in [-0.1, -0.05) is 12.1 Å². The van der Waals surface area contributed by atoms with Gasteiger partial charge in [-0.05, 0) is 62.7 Å². The Bertz CT molecular complexity index is 982. The first-order valence-electron chi connectivity index (χ1n) is 9.06. The van der Waals surface area contributed by atoms with Crippen molar-refractivity contribution in [3.8, 4) is 0 Å². The largest absolute Gasteiger partial charge is 0.325 e. The van der Waals surface area contributed by atoms with E-state index in [-0.39, 0.29) is 17.4 Å². The van der Waals surface area contributed by atoms with Crippen molar-refractivity contribution in [2.45, 2.75) is 20.8 Å². The summed E-state index contributed by atoms with van der Waals surface area (Å²) in [5, 5.41) is 2.76. The van der Waals surface area contributed by atoms with Gasteiger partial charge in [0.2, 0.25) is 0 Å². The third-order valence-electron chi connectivity index (χ3n) is 4.33. The highest BCUT2D eigenvalue weighted by atomic mass is 16.2. The predicted molar refractivity (Wildman–Crippen MR) is 110 cm³/mol. The van der Waals surface area contributed by atoms with Gasteiger partial charge in [-0.15, -0.1) is 0 Å². The van der Waals surface area contributed by atoms with E-state index in [1.165, 1.54) is 13.1 Å². The van der Waals surface area contributed by atoms with E-state index in [4.69, 9.17) is 0 Å². The number of carbonyl (C=O) groups excluding carboxylic acids is 2. The van der Waals surface area contributed by atoms with Crippen molar-refractivity contribution in [1.82, 2.24) is 9.97 Å². The summed E-state index contributed by atoms with van der Waals surface area (Å²) in [6.45, 7) is 6.31. The first-order chi connectivity index (χ1) is 13.5. The van der Waals surface area contributed by atoms with Crippen LogP contribution in [0.1, 0.15) is 40.3 Å². The molecule has 0 radical (unpaired) electrons. The lowest BCUT2D eigenvalue weighted by molar-refractivity contribution is 0.101. The second-order valence-corrected chi connectivity index (χ2v) is 6.43. The van der Waals surface area contributed by atoms with Gasteiger partial charge in [-0.25, -0.2) is 9.97 Å². The van der Waals surface area contributed by atoms with Crippen molar-refractivity contribution in [3.05, 3.63) is 77.7 Å². The number of aryl methyl sites for hydroxylation is 1. The minimum atomic E-state index is -0.353. The molecule has 1 amide bonds. The summed E-state index contributed by atoms with van der Waals surface area (Å²) in [5.74, 6) is 0.303. The Labute approximate surface area is 164 Å². The fourth-order valence-electron chi connectivity index (χ4n) is 2.83. The Hall–Kier alpha value is -3.54. The van der Waals surface area contributed by atoms with Crippen LogP contribution >= 0.6 is 0 Å². The van der Waals surface area contributed by atoms with E-state index in [0.29, 0.717) is 17.1 Å². The average molecular weight is 374 g/mol. The molecule has 142 valence electrons. The predicted octanol–water partition coefficient (Wildman–Crippen LogP) is 4.40. The van der Waals surface area contributed by atoms with Crippen molar-refractivity contribution in [3.63, 3.8) is 0 Å². The number of nitrogens with one attached hydrogen (secondary N) is 1. The lowest BCUT2D eigenvalue weighted by Gasteiger charge is -2.22. The normalized spacial score (nSPS) is 10.4. The first-order valence-corrected chi connectivity index (χ1v) is 9.06. The number of Topliss-reactive ketones (excluding diaryl/α,β-unsaturated/α-hetero) is 1. The maximum absolute atomic E-state index is 12.4. The fourth-order valence-corrected chi connectivity index (χ4v) is 2.83. The second-order valence-electron chi connectivity index (χ2n) is 6.43. The Morgan fingerprint density at radius 2 is 1.79 bits per heavy atom. The number of ketones is 1. The number of hydrogen-bond acceptors (Lipinski definition) is 5. The molecule has 3 aromatic rings. The van der Waals surface area contributed by atoms with Gasteiger partial charge in [0.1, 0.15) is 5.69 Å². The van der Waals surface area contributed by atoms with Crippen LogP contribution in [0.5, 0.6) is 0 Å². The van der Waals surface area contributed by atoms with Crippen molar-refractivity contribution >= 4 is 28.9 Å². The number of aromatic nitrogens is 2. The highest BCUT2D eigenvalue weighted by Crippen LogP contribution is 2.23. The van der Waals surface area contributed by atoms with E-state index >= 15 is 0 Å². The molecule has 1 N–H and O–H groups in total. The van der Waals surface area contributed by atoms with Crippen LogP contribution in [0.15, 0.2) is 60.9 Å². The molecular weight excluding hydrogens is 352 g/mol. The van der Waals surface area contributed by atoms with Crippen LogP contribution in [0, 0.1) is 6.92 Å². The highest BCUT2D eigenvalue weighted by molar-refractivity contribution is 6.03. The third-order valence-corrected chi connectivity index (χ3v) is 4.33. The fraction of sp³-hybridized carbons (Fsp3) is 0.182. The van der Waals surface area contributed by atoms with Crippen molar-refractivity contribution < 1.29 is 9.59 Å². The molecule has 0 saturated heterocycles. The summed E-state index contributed by atoms with van der Waals surface area (Å²) in [7, 11) is 0. The van der Waals surface area contributed by atoms with E-state index < -0.39 is 0 Å². The summed E-state index contributed by atoms with van der Waals surface area (Å²) in [4.78, 5) is 34.4. The maximum Gasteiger partial charge on any atom is 0.275 e. The molecule has 0 bridgehead atoms. The summed E-state index contributed by atoms with van der Waals surface area (Å²) < 4.78 is 0. The number of rotatable bonds is 6. The molecule has 0 unspecified atom stereocenters. The van der Waals surface area contributed by atoms with Crippen LogP contribution in [0.25, 0.3) is 0 Å². The Morgan fingerprint density at radius 3 is 2.36 bits per heavy atom. The van der Waals surface area contributed by atoms with E-state index in [1.54, 1.807) is 30.5 Å². The summed E-state index contributed by atoms with van der Waals surface area (Å²) in [6.07, 6.45) is 3.06. The third kappa shape index (κ3) is 4.40. The standard InChI is InChI=1S/C22H22N4O2/c1-4-26(19-7-5-6-15(2)12-19)21-14-23-20(13-24-21)22(28)25-18-10-8-17(9-11-18)16(3)27/h5-14H,4H2,1-3H3,(H,25,28). The van der Waals surface area contributed by atoms with Gasteiger partial charge in [0.15, 0.2) is 11.6 Å². The van der Waals surface area contributed by atoms with E-state index in [1.807, 2.05) is 36.9 Å². The number of benzene rings is 2. The summed E-state index contributed by atoms with van der Waals surface area (Å²) in [6, 6.07) is 14.9. The van der Waals surface area contributed by atoms with E-state index in [0.717, 1.165) is 17.8 Å². The molecule has 2 aromatic carbocycles. The monoisotopic (exact) mass is 374 g/mol. The average Bonchev–Trinajstić information content (AvgIpc) is 2.69. The molecule has 6 heteroatoms. The van der Waals surface area contributed by atoms with Crippen LogP contribution in [-0.2, 0) is 0 Å². The van der Waals surface area contributed by atoms with Crippen molar-refractivity contribution in [2.75, 3.05) is 16.8 Å². The highest BCUT2D eigenvalue weighted by Gasteiger charge is 2.13. The molecule has 0 fully saturated rings. The van der Waals surface area contributed by atoms with E-state index in [9.17, 15) is 9.59 Å². The van der Waals surface area contributed by atoms with Gasteiger partial charge in [0.05, 0.1) is 12.4 Å². The molecule has 0 aliphatic rings. The number of amides is 1. The molecule has 0 aliphatic heterocycles. The zero-order valence-corrected chi connectivity index (χ0v) is 16.1. The molecule has 1 aromatic heterocycles. The lowest BCUT2D eigenvalue weighted by atomic mass is 10.1. The van der Waals surface area contributed by atoms with Gasteiger partial charge in [0.25, 0.3) is 5.91 Å².